The molecule has 1 atom stereocenters. The van der Waals surface area contributed by atoms with Crippen LogP contribution in [0.25, 0.3) is 6.08 Å². The molecule has 1 aromatic heterocycles. The van der Waals surface area contributed by atoms with Crippen molar-refractivity contribution >= 4 is 34.9 Å². The Morgan fingerprint density at radius 2 is 2.23 bits per heavy atom. The maximum atomic E-state index is 11.8. The Kier molecular flexibility index (Phi) is 9.14. The number of rotatable bonds is 13. The lowest BCUT2D eigenvalue weighted by Gasteiger charge is -2.09. The smallest absolute Gasteiger partial charge is 0.279 e. The van der Waals surface area contributed by atoms with Crippen molar-refractivity contribution in [1.82, 2.24) is 10.3 Å². The number of ether oxygens (including phenoxy) is 4. The molecular formula is C22H27ClN2O5S. The Hall–Kier alpha value is -2.13. The predicted octanol–water partition coefficient (Wildman–Crippen LogP) is 4.56. The van der Waals surface area contributed by atoms with Crippen LogP contribution < -0.4 is 14.8 Å². The minimum absolute atomic E-state index is 0.00521. The maximum Gasteiger partial charge on any atom is 0.279 e. The van der Waals surface area contributed by atoms with Crippen molar-refractivity contribution in [3.8, 4) is 16.7 Å². The predicted molar refractivity (Wildman–Crippen MR) is 121 cm³/mol. The van der Waals surface area contributed by atoms with Crippen LogP contribution in [0.15, 0.2) is 30.5 Å². The third-order valence-electron chi connectivity index (χ3n) is 4.39. The van der Waals surface area contributed by atoms with Gasteiger partial charge in [-0.1, -0.05) is 29.0 Å². The van der Waals surface area contributed by atoms with Gasteiger partial charge in [0, 0.05) is 25.4 Å². The van der Waals surface area contributed by atoms with E-state index in [1.54, 1.807) is 25.4 Å². The second kappa shape index (κ2) is 12.0. The van der Waals surface area contributed by atoms with Crippen molar-refractivity contribution in [3.05, 3.63) is 40.4 Å². The quantitative estimate of drug-likeness (QED) is 0.436. The molecule has 3 rings (SSSR count). The third kappa shape index (κ3) is 8.49. The van der Waals surface area contributed by atoms with E-state index in [1.807, 2.05) is 25.1 Å². The molecule has 1 N–H and O–H groups in total. The Balaban J connectivity index is 1.45. The number of nitrogens with one attached hydrogen (secondary N) is 1. The van der Waals surface area contributed by atoms with E-state index in [-0.39, 0.29) is 18.6 Å². The highest BCUT2D eigenvalue weighted by Gasteiger charge is 2.22. The molecule has 0 bridgehead atoms. The maximum absolute atomic E-state index is 11.8. The number of benzene rings is 1. The summed E-state index contributed by atoms with van der Waals surface area (Å²) in [5.41, 5.74) is 0. The first-order valence-electron chi connectivity index (χ1n) is 10.1. The number of carbonyl (C=O) groups is 1. The number of hydrogen-bond acceptors (Lipinski definition) is 7. The van der Waals surface area contributed by atoms with Gasteiger partial charge in [0.2, 0.25) is 5.91 Å². The summed E-state index contributed by atoms with van der Waals surface area (Å²) in [6, 6.07) is 5.24. The molecule has 0 spiro atoms. The first-order chi connectivity index (χ1) is 15.0. The largest absolute Gasteiger partial charge is 0.493 e. The van der Waals surface area contributed by atoms with Gasteiger partial charge in [-0.3, -0.25) is 4.79 Å². The molecule has 1 fully saturated rings. The molecular weight excluding hydrogens is 440 g/mol. The zero-order valence-electron chi connectivity index (χ0n) is 17.6. The van der Waals surface area contributed by atoms with Gasteiger partial charge >= 0.3 is 0 Å². The van der Waals surface area contributed by atoms with E-state index in [9.17, 15) is 4.79 Å². The van der Waals surface area contributed by atoms with Gasteiger partial charge in [0.15, 0.2) is 0 Å². The highest BCUT2D eigenvalue weighted by atomic mass is 35.5. The molecule has 1 aromatic carbocycles. The van der Waals surface area contributed by atoms with E-state index in [0.29, 0.717) is 35.1 Å². The lowest BCUT2D eigenvalue weighted by molar-refractivity contribution is -0.126. The first-order valence-corrected chi connectivity index (χ1v) is 11.3. The molecule has 1 saturated carbocycles. The Morgan fingerprint density at radius 3 is 2.97 bits per heavy atom. The van der Waals surface area contributed by atoms with Gasteiger partial charge in [-0.05, 0) is 43.9 Å². The Bertz CT molecular complexity index is 885. The van der Waals surface area contributed by atoms with Crippen LogP contribution >= 0.6 is 22.9 Å². The monoisotopic (exact) mass is 466 g/mol. The second-order valence-electron chi connectivity index (χ2n) is 7.24. The summed E-state index contributed by atoms with van der Waals surface area (Å²) in [6.07, 6.45) is 7.95. The SMILES string of the molecule is COCCOCC(=O)N[C@@H](C)C=Cc1cnc(Oc2ccc(OCC3CC3)cc2Cl)s1. The fourth-order valence-electron chi connectivity index (χ4n) is 2.53. The third-order valence-corrected chi connectivity index (χ3v) is 5.52. The summed E-state index contributed by atoms with van der Waals surface area (Å²) in [6.45, 7) is 3.47. The average Bonchev–Trinajstić information content (AvgIpc) is 3.47. The standard InChI is InChI=1S/C22H27ClN2O5S/c1-15(25-21(26)14-28-10-9-27-2)3-7-18-12-24-22(31-18)30-20-8-6-17(11-19(20)23)29-13-16-4-5-16/h3,6-8,11-12,15-16H,4-5,9-10,13-14H2,1-2H3,(H,25,26)/t15-/m0/s1. The van der Waals surface area contributed by atoms with Crippen LogP contribution in [0, 0.1) is 5.92 Å². The molecule has 7 nitrogen and oxygen atoms in total. The Morgan fingerprint density at radius 1 is 1.39 bits per heavy atom. The number of aromatic nitrogens is 1. The van der Waals surface area contributed by atoms with Crippen molar-refractivity contribution in [3.63, 3.8) is 0 Å². The number of methoxy groups -OCH3 is 1. The molecule has 0 aliphatic heterocycles. The fraction of sp³-hybridized carbons (Fsp3) is 0.455. The Labute approximate surface area is 191 Å². The van der Waals surface area contributed by atoms with Gasteiger partial charge in [0.05, 0.1) is 29.7 Å². The number of carbonyl (C=O) groups excluding carboxylic acids is 1. The zero-order chi connectivity index (χ0) is 22.1. The van der Waals surface area contributed by atoms with Crippen molar-refractivity contribution in [2.75, 3.05) is 33.5 Å². The first kappa shape index (κ1) is 23.5. The van der Waals surface area contributed by atoms with Crippen LogP contribution in [-0.4, -0.2) is 50.5 Å². The highest BCUT2D eigenvalue weighted by molar-refractivity contribution is 7.14. The lowest BCUT2D eigenvalue weighted by atomic mass is 10.3. The zero-order valence-corrected chi connectivity index (χ0v) is 19.2. The van der Waals surface area contributed by atoms with Gasteiger partial charge in [0.1, 0.15) is 18.1 Å². The molecule has 1 amide bonds. The van der Waals surface area contributed by atoms with Crippen molar-refractivity contribution in [1.29, 1.82) is 0 Å². The molecule has 168 valence electrons. The summed E-state index contributed by atoms with van der Waals surface area (Å²) in [7, 11) is 1.59. The van der Waals surface area contributed by atoms with Gasteiger partial charge in [0.25, 0.3) is 5.19 Å². The van der Waals surface area contributed by atoms with E-state index >= 15 is 0 Å². The van der Waals surface area contributed by atoms with E-state index in [0.717, 1.165) is 17.2 Å². The number of halogens is 1. The minimum Gasteiger partial charge on any atom is -0.493 e. The summed E-state index contributed by atoms with van der Waals surface area (Å²) in [4.78, 5) is 17.0. The highest BCUT2D eigenvalue weighted by Crippen LogP contribution is 2.35. The van der Waals surface area contributed by atoms with Gasteiger partial charge in [-0.2, -0.15) is 0 Å². The molecule has 1 aliphatic rings. The van der Waals surface area contributed by atoms with E-state index in [4.69, 9.17) is 30.5 Å². The molecule has 9 heteroatoms. The number of amides is 1. The van der Waals surface area contributed by atoms with E-state index in [2.05, 4.69) is 10.3 Å². The van der Waals surface area contributed by atoms with Gasteiger partial charge < -0.3 is 24.3 Å². The minimum atomic E-state index is -0.180. The summed E-state index contributed by atoms with van der Waals surface area (Å²) in [5, 5.41) is 3.80. The summed E-state index contributed by atoms with van der Waals surface area (Å²) in [5.74, 6) is 1.77. The molecule has 0 unspecified atom stereocenters. The number of thiazole rings is 1. The second-order valence-corrected chi connectivity index (χ2v) is 8.67. The normalized spacial score (nSPS) is 14.5. The van der Waals surface area contributed by atoms with E-state index < -0.39 is 0 Å². The molecule has 0 saturated heterocycles. The lowest BCUT2D eigenvalue weighted by Crippen LogP contribution is -2.34. The topological polar surface area (TPSA) is 78.9 Å². The van der Waals surface area contributed by atoms with Crippen LogP contribution in [0.5, 0.6) is 16.7 Å². The van der Waals surface area contributed by atoms with E-state index in [1.165, 1.54) is 24.2 Å². The van der Waals surface area contributed by atoms with Crippen molar-refractivity contribution in [2.24, 2.45) is 5.92 Å². The molecule has 0 radical (unpaired) electrons. The molecule has 1 heterocycles. The average molecular weight is 467 g/mol. The molecule has 31 heavy (non-hydrogen) atoms. The molecule has 2 aromatic rings. The van der Waals surface area contributed by atoms with Crippen LogP contribution in [0.2, 0.25) is 5.02 Å². The van der Waals surface area contributed by atoms with Gasteiger partial charge in [-0.25, -0.2) is 4.98 Å². The van der Waals surface area contributed by atoms with Gasteiger partial charge in [-0.15, -0.1) is 0 Å². The number of hydrogen-bond donors (Lipinski definition) is 1. The van der Waals surface area contributed by atoms with Crippen molar-refractivity contribution < 1.29 is 23.7 Å². The molecule has 1 aliphatic carbocycles. The van der Waals surface area contributed by atoms with Crippen molar-refractivity contribution in [2.45, 2.75) is 25.8 Å². The van der Waals surface area contributed by atoms with Crippen LogP contribution in [0.3, 0.4) is 0 Å². The van der Waals surface area contributed by atoms with Crippen LogP contribution in [0.4, 0.5) is 0 Å². The summed E-state index contributed by atoms with van der Waals surface area (Å²) < 4.78 is 21.6. The van der Waals surface area contributed by atoms with Crippen LogP contribution in [0.1, 0.15) is 24.6 Å². The van der Waals surface area contributed by atoms with Crippen LogP contribution in [-0.2, 0) is 14.3 Å². The fourth-order valence-corrected chi connectivity index (χ4v) is 3.43. The number of nitrogens with zero attached hydrogens (tertiary/aromatic N) is 1. The summed E-state index contributed by atoms with van der Waals surface area (Å²) >= 11 is 7.70.